The summed E-state index contributed by atoms with van der Waals surface area (Å²) in [5.74, 6) is 0. The normalized spacial score (nSPS) is 15.7. The lowest BCUT2D eigenvalue weighted by atomic mass is 10.1. The zero-order chi connectivity index (χ0) is 12.1. The molecule has 0 spiro atoms. The van der Waals surface area contributed by atoms with Gasteiger partial charge in [-0.05, 0) is 37.0 Å². The van der Waals surface area contributed by atoms with Gasteiger partial charge in [-0.2, -0.15) is 0 Å². The first-order valence-corrected chi connectivity index (χ1v) is 6.82. The maximum Gasteiger partial charge on any atom is 0.317 e. The molecule has 17 heavy (non-hydrogen) atoms. The Kier molecular flexibility index (Phi) is 4.42. The van der Waals surface area contributed by atoms with Crippen molar-refractivity contribution in [2.75, 3.05) is 13.1 Å². The minimum Gasteiger partial charge on any atom is -0.334 e. The lowest BCUT2D eigenvalue weighted by Crippen LogP contribution is -2.42. The molecule has 2 amide bonds. The van der Waals surface area contributed by atoms with Gasteiger partial charge in [0.2, 0.25) is 0 Å². The molecule has 0 aliphatic carbocycles. The molecule has 0 unspecified atom stereocenters. The molecule has 1 N–H and O–H groups in total. The van der Waals surface area contributed by atoms with E-state index in [-0.39, 0.29) is 6.03 Å². The van der Waals surface area contributed by atoms with Crippen LogP contribution in [-0.2, 0) is 6.54 Å². The van der Waals surface area contributed by atoms with Crippen LogP contribution >= 0.6 is 15.9 Å². The van der Waals surface area contributed by atoms with E-state index < -0.39 is 0 Å². The first kappa shape index (κ1) is 12.4. The van der Waals surface area contributed by atoms with Crippen molar-refractivity contribution >= 4 is 22.0 Å². The van der Waals surface area contributed by atoms with Gasteiger partial charge < -0.3 is 10.2 Å². The number of benzene rings is 1. The highest BCUT2D eigenvalue weighted by atomic mass is 79.9. The number of hydrogen-bond acceptors (Lipinski definition) is 1. The van der Waals surface area contributed by atoms with Gasteiger partial charge in [-0.25, -0.2) is 4.79 Å². The Balaban J connectivity index is 1.81. The molecule has 2 rings (SSSR count). The fourth-order valence-corrected chi connectivity index (χ4v) is 2.25. The second kappa shape index (κ2) is 6.05. The zero-order valence-corrected chi connectivity index (χ0v) is 11.4. The molecule has 1 saturated heterocycles. The summed E-state index contributed by atoms with van der Waals surface area (Å²) in [6.45, 7) is 2.39. The summed E-state index contributed by atoms with van der Waals surface area (Å²) >= 11 is 3.39. The summed E-state index contributed by atoms with van der Waals surface area (Å²) < 4.78 is 1.06. The molecule has 0 aromatic heterocycles. The number of carbonyl (C=O) groups excluding carboxylic acids is 1. The SMILES string of the molecule is O=C(NCc1ccc(Br)cc1)N1CCCCC1. The number of amides is 2. The average Bonchev–Trinajstić information content (AvgIpc) is 2.39. The van der Waals surface area contributed by atoms with Gasteiger partial charge in [-0.1, -0.05) is 28.1 Å². The molecule has 1 heterocycles. The highest BCUT2D eigenvalue weighted by molar-refractivity contribution is 9.10. The van der Waals surface area contributed by atoms with E-state index >= 15 is 0 Å². The highest BCUT2D eigenvalue weighted by Crippen LogP contribution is 2.11. The van der Waals surface area contributed by atoms with E-state index in [1.807, 2.05) is 29.2 Å². The van der Waals surface area contributed by atoms with Crippen molar-refractivity contribution in [3.8, 4) is 0 Å². The van der Waals surface area contributed by atoms with Gasteiger partial charge in [-0.3, -0.25) is 0 Å². The van der Waals surface area contributed by atoms with Crippen LogP contribution in [0.5, 0.6) is 0 Å². The number of piperidine rings is 1. The van der Waals surface area contributed by atoms with E-state index in [0.717, 1.165) is 36.0 Å². The van der Waals surface area contributed by atoms with E-state index in [1.165, 1.54) is 6.42 Å². The predicted molar refractivity (Wildman–Crippen MR) is 71.8 cm³/mol. The van der Waals surface area contributed by atoms with E-state index in [1.54, 1.807) is 0 Å². The maximum atomic E-state index is 11.8. The van der Waals surface area contributed by atoms with Crippen molar-refractivity contribution in [1.82, 2.24) is 10.2 Å². The Bertz CT molecular complexity index is 372. The van der Waals surface area contributed by atoms with Crippen molar-refractivity contribution in [2.24, 2.45) is 0 Å². The third kappa shape index (κ3) is 3.73. The van der Waals surface area contributed by atoms with Crippen LogP contribution in [0, 0.1) is 0 Å². The smallest absolute Gasteiger partial charge is 0.317 e. The standard InChI is InChI=1S/C13H17BrN2O/c14-12-6-4-11(5-7-12)10-15-13(17)16-8-2-1-3-9-16/h4-7H,1-3,8-10H2,(H,15,17). The predicted octanol–water partition coefficient (Wildman–Crippen LogP) is 3.14. The molecular formula is C13H17BrN2O. The van der Waals surface area contributed by atoms with Gasteiger partial charge in [0.25, 0.3) is 0 Å². The minimum atomic E-state index is 0.0626. The van der Waals surface area contributed by atoms with Crippen LogP contribution in [0.25, 0.3) is 0 Å². The Hall–Kier alpha value is -1.03. The Labute approximate surface area is 110 Å². The van der Waals surface area contributed by atoms with Gasteiger partial charge >= 0.3 is 6.03 Å². The van der Waals surface area contributed by atoms with E-state index in [4.69, 9.17) is 0 Å². The number of hydrogen-bond donors (Lipinski definition) is 1. The second-order valence-corrected chi connectivity index (χ2v) is 5.25. The van der Waals surface area contributed by atoms with Crippen LogP contribution in [-0.4, -0.2) is 24.0 Å². The maximum absolute atomic E-state index is 11.8. The van der Waals surface area contributed by atoms with Gasteiger partial charge in [0.1, 0.15) is 0 Å². The average molecular weight is 297 g/mol. The fraction of sp³-hybridized carbons (Fsp3) is 0.462. The lowest BCUT2D eigenvalue weighted by molar-refractivity contribution is 0.186. The number of nitrogens with zero attached hydrogens (tertiary/aromatic N) is 1. The number of rotatable bonds is 2. The van der Waals surface area contributed by atoms with Crippen molar-refractivity contribution in [2.45, 2.75) is 25.8 Å². The summed E-state index contributed by atoms with van der Waals surface area (Å²) in [7, 11) is 0. The Morgan fingerprint density at radius 3 is 2.47 bits per heavy atom. The van der Waals surface area contributed by atoms with Crippen molar-refractivity contribution < 1.29 is 4.79 Å². The van der Waals surface area contributed by atoms with Gasteiger partial charge in [0, 0.05) is 24.1 Å². The van der Waals surface area contributed by atoms with Crippen LogP contribution in [0.15, 0.2) is 28.7 Å². The monoisotopic (exact) mass is 296 g/mol. The van der Waals surface area contributed by atoms with Gasteiger partial charge in [0.05, 0.1) is 0 Å². The molecule has 0 bridgehead atoms. The van der Waals surface area contributed by atoms with Crippen molar-refractivity contribution in [1.29, 1.82) is 0 Å². The van der Waals surface area contributed by atoms with E-state index in [2.05, 4.69) is 21.2 Å². The van der Waals surface area contributed by atoms with Gasteiger partial charge in [-0.15, -0.1) is 0 Å². The van der Waals surface area contributed by atoms with Crippen LogP contribution in [0.4, 0.5) is 4.79 Å². The van der Waals surface area contributed by atoms with Crippen LogP contribution in [0.1, 0.15) is 24.8 Å². The minimum absolute atomic E-state index is 0.0626. The summed E-state index contributed by atoms with van der Waals surface area (Å²) in [6, 6.07) is 8.07. The first-order valence-electron chi connectivity index (χ1n) is 6.03. The molecule has 1 aromatic rings. The summed E-state index contributed by atoms with van der Waals surface area (Å²) in [5.41, 5.74) is 1.12. The number of halogens is 1. The van der Waals surface area contributed by atoms with E-state index in [0.29, 0.717) is 6.54 Å². The largest absolute Gasteiger partial charge is 0.334 e. The molecule has 1 aliphatic rings. The summed E-state index contributed by atoms with van der Waals surface area (Å²) in [6.07, 6.45) is 3.51. The molecule has 0 saturated carbocycles. The topological polar surface area (TPSA) is 32.3 Å². The van der Waals surface area contributed by atoms with Crippen LogP contribution < -0.4 is 5.32 Å². The third-order valence-corrected chi connectivity index (χ3v) is 3.53. The fourth-order valence-electron chi connectivity index (χ4n) is 1.99. The molecule has 1 aromatic carbocycles. The highest BCUT2D eigenvalue weighted by Gasteiger charge is 2.15. The van der Waals surface area contributed by atoms with E-state index in [9.17, 15) is 4.79 Å². The zero-order valence-electron chi connectivity index (χ0n) is 9.79. The van der Waals surface area contributed by atoms with Crippen LogP contribution in [0.3, 0.4) is 0 Å². The van der Waals surface area contributed by atoms with Gasteiger partial charge in [0.15, 0.2) is 0 Å². The summed E-state index contributed by atoms with van der Waals surface area (Å²) in [4.78, 5) is 13.7. The van der Waals surface area contributed by atoms with Crippen LogP contribution in [0.2, 0.25) is 0 Å². The Morgan fingerprint density at radius 1 is 1.18 bits per heavy atom. The third-order valence-electron chi connectivity index (χ3n) is 3.00. The number of nitrogens with one attached hydrogen (secondary N) is 1. The molecule has 4 heteroatoms. The molecular weight excluding hydrogens is 280 g/mol. The quantitative estimate of drug-likeness (QED) is 0.893. The second-order valence-electron chi connectivity index (χ2n) is 4.33. The lowest BCUT2D eigenvalue weighted by Gasteiger charge is -2.26. The molecule has 0 atom stereocenters. The summed E-state index contributed by atoms with van der Waals surface area (Å²) in [5, 5.41) is 2.96. The number of urea groups is 1. The number of likely N-dealkylation sites (tertiary alicyclic amines) is 1. The molecule has 3 nitrogen and oxygen atoms in total. The van der Waals surface area contributed by atoms with Crippen molar-refractivity contribution in [3.05, 3.63) is 34.3 Å². The number of carbonyl (C=O) groups is 1. The molecule has 1 aliphatic heterocycles. The van der Waals surface area contributed by atoms with Crippen molar-refractivity contribution in [3.63, 3.8) is 0 Å². The molecule has 92 valence electrons. The first-order chi connectivity index (χ1) is 8.25. The Morgan fingerprint density at radius 2 is 1.82 bits per heavy atom. The molecule has 0 radical (unpaired) electrons. The molecule has 1 fully saturated rings.